The highest BCUT2D eigenvalue weighted by atomic mass is 16.5. The summed E-state index contributed by atoms with van der Waals surface area (Å²) in [6, 6.07) is 0. The zero-order valence-electron chi connectivity index (χ0n) is 7.86. The van der Waals surface area contributed by atoms with Gasteiger partial charge in [-0.2, -0.15) is 0 Å². The second-order valence-corrected chi connectivity index (χ2v) is 2.94. The maximum atomic E-state index is 11.2. The fourth-order valence-corrected chi connectivity index (χ4v) is 1.34. The van der Waals surface area contributed by atoms with E-state index in [2.05, 4.69) is 6.58 Å². The molecule has 1 saturated heterocycles. The SMILES string of the molecule is C=CC(=O)N1CCO[C@@H](COC)C1. The van der Waals surface area contributed by atoms with E-state index < -0.39 is 0 Å². The highest BCUT2D eigenvalue weighted by molar-refractivity contribution is 5.87. The van der Waals surface area contributed by atoms with Crippen molar-refractivity contribution in [3.8, 4) is 0 Å². The molecule has 13 heavy (non-hydrogen) atoms. The van der Waals surface area contributed by atoms with Gasteiger partial charge in [0.1, 0.15) is 0 Å². The van der Waals surface area contributed by atoms with Crippen LogP contribution < -0.4 is 0 Å². The molecule has 1 aliphatic heterocycles. The van der Waals surface area contributed by atoms with Crippen LogP contribution in [0.25, 0.3) is 0 Å². The molecule has 1 fully saturated rings. The first-order chi connectivity index (χ1) is 6.27. The van der Waals surface area contributed by atoms with Crippen LogP contribution in [0.3, 0.4) is 0 Å². The monoisotopic (exact) mass is 185 g/mol. The number of morpholine rings is 1. The number of carbonyl (C=O) groups excluding carboxylic acids is 1. The summed E-state index contributed by atoms with van der Waals surface area (Å²) in [5.74, 6) is -0.0376. The molecule has 0 aliphatic carbocycles. The first-order valence-electron chi connectivity index (χ1n) is 4.29. The molecule has 1 heterocycles. The van der Waals surface area contributed by atoms with Crippen molar-refractivity contribution in [2.75, 3.05) is 33.4 Å². The minimum atomic E-state index is -0.0376. The standard InChI is InChI=1S/C9H15NO3/c1-3-9(11)10-4-5-13-8(6-10)7-12-2/h3,8H,1,4-7H2,2H3/t8-/m1/s1. The first-order valence-corrected chi connectivity index (χ1v) is 4.29. The summed E-state index contributed by atoms with van der Waals surface area (Å²) in [5.41, 5.74) is 0. The van der Waals surface area contributed by atoms with Crippen LogP contribution in [-0.2, 0) is 14.3 Å². The van der Waals surface area contributed by atoms with Crippen LogP contribution in [-0.4, -0.2) is 50.3 Å². The summed E-state index contributed by atoms with van der Waals surface area (Å²) in [6.45, 7) is 5.79. The van der Waals surface area contributed by atoms with Gasteiger partial charge < -0.3 is 14.4 Å². The van der Waals surface area contributed by atoms with Crippen molar-refractivity contribution in [3.63, 3.8) is 0 Å². The van der Waals surface area contributed by atoms with Gasteiger partial charge in [0.25, 0.3) is 0 Å². The number of amides is 1. The van der Waals surface area contributed by atoms with Crippen LogP contribution in [0.1, 0.15) is 0 Å². The minimum Gasteiger partial charge on any atom is -0.382 e. The average molecular weight is 185 g/mol. The Balaban J connectivity index is 2.41. The lowest BCUT2D eigenvalue weighted by Crippen LogP contribution is -2.46. The van der Waals surface area contributed by atoms with Crippen LogP contribution in [0.4, 0.5) is 0 Å². The molecular formula is C9H15NO3. The Morgan fingerprint density at radius 2 is 2.62 bits per heavy atom. The van der Waals surface area contributed by atoms with Gasteiger partial charge in [-0.15, -0.1) is 0 Å². The molecule has 4 nitrogen and oxygen atoms in total. The molecule has 0 unspecified atom stereocenters. The number of carbonyl (C=O) groups is 1. The van der Waals surface area contributed by atoms with Gasteiger partial charge in [0, 0.05) is 20.2 Å². The molecule has 0 aromatic carbocycles. The topological polar surface area (TPSA) is 38.8 Å². The van der Waals surface area contributed by atoms with Crippen molar-refractivity contribution in [1.82, 2.24) is 4.90 Å². The quantitative estimate of drug-likeness (QED) is 0.583. The van der Waals surface area contributed by atoms with E-state index in [1.165, 1.54) is 6.08 Å². The number of hydrogen-bond donors (Lipinski definition) is 0. The molecule has 1 amide bonds. The van der Waals surface area contributed by atoms with Gasteiger partial charge in [-0.1, -0.05) is 6.58 Å². The molecule has 0 N–H and O–H groups in total. The molecule has 0 aromatic rings. The predicted molar refractivity (Wildman–Crippen MR) is 48.4 cm³/mol. The maximum absolute atomic E-state index is 11.2. The Hall–Kier alpha value is -0.870. The summed E-state index contributed by atoms with van der Waals surface area (Å²) in [7, 11) is 1.62. The van der Waals surface area contributed by atoms with E-state index in [9.17, 15) is 4.79 Å². The third-order valence-electron chi connectivity index (χ3n) is 1.98. The Bertz CT molecular complexity index is 191. The smallest absolute Gasteiger partial charge is 0.246 e. The second-order valence-electron chi connectivity index (χ2n) is 2.94. The molecule has 0 saturated carbocycles. The zero-order chi connectivity index (χ0) is 9.68. The van der Waals surface area contributed by atoms with E-state index in [-0.39, 0.29) is 12.0 Å². The van der Waals surface area contributed by atoms with Gasteiger partial charge in [-0.05, 0) is 6.08 Å². The van der Waals surface area contributed by atoms with Gasteiger partial charge in [-0.25, -0.2) is 0 Å². The molecule has 0 radical (unpaired) electrons. The summed E-state index contributed by atoms with van der Waals surface area (Å²) in [6.07, 6.45) is 1.33. The minimum absolute atomic E-state index is 0.00245. The van der Waals surface area contributed by atoms with E-state index in [1.807, 2.05) is 0 Å². The molecule has 0 spiro atoms. The number of nitrogens with zero attached hydrogens (tertiary/aromatic N) is 1. The number of rotatable bonds is 3. The highest BCUT2D eigenvalue weighted by Crippen LogP contribution is 2.05. The van der Waals surface area contributed by atoms with Crippen molar-refractivity contribution < 1.29 is 14.3 Å². The van der Waals surface area contributed by atoms with E-state index in [0.29, 0.717) is 26.3 Å². The lowest BCUT2D eigenvalue weighted by molar-refractivity contribution is -0.135. The summed E-state index contributed by atoms with van der Waals surface area (Å²) in [5, 5.41) is 0. The number of ether oxygens (including phenoxy) is 2. The Morgan fingerprint density at radius 1 is 1.85 bits per heavy atom. The number of methoxy groups -OCH3 is 1. The zero-order valence-corrected chi connectivity index (χ0v) is 7.86. The van der Waals surface area contributed by atoms with E-state index >= 15 is 0 Å². The lowest BCUT2D eigenvalue weighted by Gasteiger charge is -2.31. The molecule has 1 rings (SSSR count). The molecule has 0 aromatic heterocycles. The maximum Gasteiger partial charge on any atom is 0.246 e. The van der Waals surface area contributed by atoms with Crippen LogP contribution in [0, 0.1) is 0 Å². The third kappa shape index (κ3) is 2.82. The van der Waals surface area contributed by atoms with Crippen molar-refractivity contribution >= 4 is 5.91 Å². The fraction of sp³-hybridized carbons (Fsp3) is 0.667. The Labute approximate surface area is 78.1 Å². The highest BCUT2D eigenvalue weighted by Gasteiger charge is 2.22. The normalized spacial score (nSPS) is 22.8. The van der Waals surface area contributed by atoms with Gasteiger partial charge in [0.15, 0.2) is 0 Å². The van der Waals surface area contributed by atoms with Crippen molar-refractivity contribution in [2.24, 2.45) is 0 Å². The van der Waals surface area contributed by atoms with E-state index in [4.69, 9.17) is 9.47 Å². The van der Waals surface area contributed by atoms with Gasteiger partial charge in [-0.3, -0.25) is 4.79 Å². The van der Waals surface area contributed by atoms with Crippen LogP contribution in [0.5, 0.6) is 0 Å². The van der Waals surface area contributed by atoms with Crippen LogP contribution in [0.2, 0.25) is 0 Å². The van der Waals surface area contributed by atoms with Gasteiger partial charge >= 0.3 is 0 Å². The third-order valence-corrected chi connectivity index (χ3v) is 1.98. The van der Waals surface area contributed by atoms with Gasteiger partial charge in [0.05, 0.1) is 19.3 Å². The van der Waals surface area contributed by atoms with Crippen molar-refractivity contribution in [1.29, 1.82) is 0 Å². The van der Waals surface area contributed by atoms with Gasteiger partial charge in [0.2, 0.25) is 5.91 Å². The van der Waals surface area contributed by atoms with Crippen LogP contribution >= 0.6 is 0 Å². The Morgan fingerprint density at radius 3 is 3.23 bits per heavy atom. The molecule has 0 bridgehead atoms. The molecule has 1 atom stereocenters. The second kappa shape index (κ2) is 4.99. The molecule has 4 heteroatoms. The summed E-state index contributed by atoms with van der Waals surface area (Å²) >= 11 is 0. The molecule has 74 valence electrons. The number of hydrogen-bond acceptors (Lipinski definition) is 3. The largest absolute Gasteiger partial charge is 0.382 e. The molecular weight excluding hydrogens is 170 g/mol. The fourth-order valence-electron chi connectivity index (χ4n) is 1.34. The van der Waals surface area contributed by atoms with Crippen molar-refractivity contribution in [2.45, 2.75) is 6.10 Å². The van der Waals surface area contributed by atoms with Crippen LogP contribution in [0.15, 0.2) is 12.7 Å². The lowest BCUT2D eigenvalue weighted by atomic mass is 10.3. The molecule has 1 aliphatic rings. The summed E-state index contributed by atoms with van der Waals surface area (Å²) < 4.78 is 10.3. The van der Waals surface area contributed by atoms with E-state index in [0.717, 1.165) is 0 Å². The predicted octanol–water partition coefficient (Wildman–Crippen LogP) is 0.0462. The summed E-state index contributed by atoms with van der Waals surface area (Å²) in [4.78, 5) is 13.0. The van der Waals surface area contributed by atoms with Crippen molar-refractivity contribution in [3.05, 3.63) is 12.7 Å². The van der Waals surface area contributed by atoms with E-state index in [1.54, 1.807) is 12.0 Å². The Kier molecular flexibility index (Phi) is 3.92. The average Bonchev–Trinajstić information content (AvgIpc) is 2.18. The first kappa shape index (κ1) is 10.2.